The fraction of sp³-hybridized carbons (Fsp3) is 0.533. The molecule has 1 aliphatic heterocycles. The highest BCUT2D eigenvalue weighted by atomic mass is 16.5. The second-order valence-electron chi connectivity index (χ2n) is 10.4. The van der Waals surface area contributed by atoms with E-state index in [1.165, 1.54) is 0 Å². The molecule has 0 unspecified atom stereocenters. The van der Waals surface area contributed by atoms with Crippen molar-refractivity contribution in [2.24, 2.45) is 5.92 Å². The maximum absolute atomic E-state index is 14.1. The first kappa shape index (κ1) is 31.2. The molecule has 0 saturated carbocycles. The Morgan fingerprint density at radius 3 is 2.50 bits per heavy atom. The lowest BCUT2D eigenvalue weighted by molar-refractivity contribution is -0.000451. The predicted molar refractivity (Wildman–Crippen MR) is 156 cm³/mol. The topological polar surface area (TPSA) is 121 Å². The highest BCUT2D eigenvalue weighted by Gasteiger charge is 2.29. The summed E-state index contributed by atoms with van der Waals surface area (Å²) >= 11 is 0. The number of rotatable bonds is 7. The molecule has 0 saturated heterocycles. The van der Waals surface area contributed by atoms with Crippen LogP contribution < -0.4 is 25.4 Å². The van der Waals surface area contributed by atoms with Gasteiger partial charge in [-0.25, -0.2) is 4.79 Å². The van der Waals surface area contributed by atoms with E-state index in [4.69, 9.17) is 14.2 Å². The van der Waals surface area contributed by atoms with Gasteiger partial charge in [0.05, 0.1) is 37.5 Å². The van der Waals surface area contributed by atoms with E-state index < -0.39 is 12.1 Å². The molecule has 10 nitrogen and oxygen atoms in total. The van der Waals surface area contributed by atoms with Crippen LogP contribution in [0.4, 0.5) is 16.2 Å². The van der Waals surface area contributed by atoms with Crippen molar-refractivity contribution in [2.45, 2.75) is 58.3 Å². The van der Waals surface area contributed by atoms with Gasteiger partial charge in [-0.15, -0.1) is 0 Å². The van der Waals surface area contributed by atoms with Gasteiger partial charge in [0, 0.05) is 37.0 Å². The number of carbonyl (C=O) groups excluding carboxylic acids is 2. The first-order valence-electron chi connectivity index (χ1n) is 14.0. The van der Waals surface area contributed by atoms with E-state index in [2.05, 4.69) is 22.9 Å². The number of benzene rings is 2. The van der Waals surface area contributed by atoms with Crippen LogP contribution in [0.3, 0.4) is 0 Å². The number of hydrogen-bond donors (Lipinski definition) is 4. The molecule has 0 bridgehead atoms. The van der Waals surface area contributed by atoms with Gasteiger partial charge >= 0.3 is 6.03 Å². The highest BCUT2D eigenvalue weighted by Crippen LogP contribution is 2.28. The number of amides is 3. The van der Waals surface area contributed by atoms with Crippen molar-refractivity contribution in [1.29, 1.82) is 0 Å². The second-order valence-corrected chi connectivity index (χ2v) is 10.4. The number of likely N-dealkylation sites (N-methyl/N-ethyl adjacent to an activating group) is 1. The SMILES string of the molecule is CNC[C@@H]1OCCCC[C@@H](C)Oc2ccc(NC(=O)Nc3ccc(OC)cc3)cc2C(=O)N([C@H](C)CO)C[C@H]1C. The zero-order chi connectivity index (χ0) is 29.1. The van der Waals surface area contributed by atoms with Crippen molar-refractivity contribution >= 4 is 23.3 Å². The van der Waals surface area contributed by atoms with Crippen LogP contribution in [-0.4, -0.2) is 80.7 Å². The van der Waals surface area contributed by atoms with E-state index in [1.807, 2.05) is 20.9 Å². The number of methoxy groups -OCH3 is 1. The van der Waals surface area contributed by atoms with Gasteiger partial charge in [0.1, 0.15) is 11.5 Å². The summed E-state index contributed by atoms with van der Waals surface area (Å²) in [5.41, 5.74) is 1.36. The van der Waals surface area contributed by atoms with Gasteiger partial charge in [0.15, 0.2) is 0 Å². The number of aliphatic hydroxyl groups is 1. The Bertz CT molecular complexity index is 1100. The van der Waals surface area contributed by atoms with E-state index in [1.54, 1.807) is 54.5 Å². The first-order chi connectivity index (χ1) is 19.2. The van der Waals surface area contributed by atoms with Crippen LogP contribution >= 0.6 is 0 Å². The lowest BCUT2D eigenvalue weighted by atomic mass is 10.0. The molecule has 4 N–H and O–H groups in total. The Hall–Kier alpha value is -3.34. The number of carbonyl (C=O) groups is 2. The third-order valence-electron chi connectivity index (χ3n) is 7.06. The van der Waals surface area contributed by atoms with Crippen molar-refractivity contribution in [3.63, 3.8) is 0 Å². The maximum atomic E-state index is 14.1. The molecular weight excluding hydrogens is 512 g/mol. The molecule has 0 aromatic heterocycles. The molecular formula is C30H44N4O6. The Balaban J connectivity index is 1.90. The van der Waals surface area contributed by atoms with Crippen LogP contribution in [0.5, 0.6) is 11.5 Å². The molecule has 0 radical (unpaired) electrons. The van der Waals surface area contributed by atoms with Gasteiger partial charge in [0.25, 0.3) is 5.91 Å². The summed E-state index contributed by atoms with van der Waals surface area (Å²) in [6.45, 7) is 7.34. The molecule has 1 heterocycles. The van der Waals surface area contributed by atoms with Crippen LogP contribution in [-0.2, 0) is 4.74 Å². The number of hydrogen-bond acceptors (Lipinski definition) is 7. The van der Waals surface area contributed by atoms with Crippen molar-refractivity contribution in [3.8, 4) is 11.5 Å². The number of nitrogens with one attached hydrogen (secondary N) is 3. The van der Waals surface area contributed by atoms with Gasteiger partial charge in [-0.2, -0.15) is 0 Å². The summed E-state index contributed by atoms with van der Waals surface area (Å²) in [6, 6.07) is 11.2. The fourth-order valence-electron chi connectivity index (χ4n) is 4.66. The van der Waals surface area contributed by atoms with E-state index in [-0.39, 0.29) is 30.6 Å². The molecule has 10 heteroatoms. The molecule has 40 heavy (non-hydrogen) atoms. The number of ether oxygens (including phenoxy) is 3. The monoisotopic (exact) mass is 556 g/mol. The summed E-state index contributed by atoms with van der Waals surface area (Å²) in [5, 5.41) is 18.8. The number of urea groups is 1. The summed E-state index contributed by atoms with van der Waals surface area (Å²) in [4.78, 5) is 28.5. The minimum Gasteiger partial charge on any atom is -0.497 e. The molecule has 2 aromatic carbocycles. The van der Waals surface area contributed by atoms with E-state index in [0.29, 0.717) is 48.1 Å². The van der Waals surface area contributed by atoms with Gasteiger partial charge < -0.3 is 40.2 Å². The molecule has 0 spiro atoms. The largest absolute Gasteiger partial charge is 0.497 e. The molecule has 1 aliphatic rings. The van der Waals surface area contributed by atoms with E-state index in [9.17, 15) is 14.7 Å². The normalized spacial score (nSPS) is 21.4. The van der Waals surface area contributed by atoms with Crippen molar-refractivity contribution in [2.75, 3.05) is 51.1 Å². The zero-order valence-electron chi connectivity index (χ0n) is 24.2. The second kappa shape index (κ2) is 15.4. The van der Waals surface area contributed by atoms with Crippen molar-refractivity contribution in [3.05, 3.63) is 48.0 Å². The Kier molecular flexibility index (Phi) is 12.0. The Morgan fingerprint density at radius 2 is 1.82 bits per heavy atom. The maximum Gasteiger partial charge on any atom is 0.323 e. The number of fused-ring (bicyclic) bond motifs is 1. The van der Waals surface area contributed by atoms with Crippen LogP contribution in [0.25, 0.3) is 0 Å². The first-order valence-corrected chi connectivity index (χ1v) is 14.0. The average Bonchev–Trinajstić information content (AvgIpc) is 2.95. The summed E-state index contributed by atoms with van der Waals surface area (Å²) in [5.74, 6) is 0.856. The number of anilines is 2. The quantitative estimate of drug-likeness (QED) is 0.400. The fourth-order valence-corrected chi connectivity index (χ4v) is 4.66. The standard InChI is InChI=1S/C30H44N4O6/c1-20-18-34(21(2)19-35)29(36)26-16-24(33-30(37)32-23-9-12-25(38-5)13-10-23)11-14-27(26)40-22(3)8-6-7-15-39-28(20)17-31-4/h9-14,16,20-22,28,31,35H,6-8,15,17-19H2,1-5H3,(H2,32,33,37)/t20-,21-,22-,28+/m1/s1. The van der Waals surface area contributed by atoms with Gasteiger partial charge in [0.2, 0.25) is 0 Å². The van der Waals surface area contributed by atoms with Crippen LogP contribution in [0.1, 0.15) is 50.4 Å². The van der Waals surface area contributed by atoms with Gasteiger partial charge in [-0.05, 0) is 82.6 Å². The van der Waals surface area contributed by atoms with Gasteiger partial charge in [-0.3, -0.25) is 4.79 Å². The average molecular weight is 557 g/mol. The lowest BCUT2D eigenvalue weighted by Gasteiger charge is -2.34. The summed E-state index contributed by atoms with van der Waals surface area (Å²) < 4.78 is 17.6. The third-order valence-corrected chi connectivity index (χ3v) is 7.06. The highest BCUT2D eigenvalue weighted by molar-refractivity contribution is 6.02. The third kappa shape index (κ3) is 8.84. The van der Waals surface area contributed by atoms with Crippen molar-refractivity contribution in [1.82, 2.24) is 10.2 Å². The van der Waals surface area contributed by atoms with Crippen LogP contribution in [0.2, 0.25) is 0 Å². The van der Waals surface area contributed by atoms with Gasteiger partial charge in [-0.1, -0.05) is 6.92 Å². The van der Waals surface area contributed by atoms with Crippen molar-refractivity contribution < 1.29 is 28.9 Å². The molecule has 0 fully saturated rings. The van der Waals surface area contributed by atoms with Crippen LogP contribution in [0, 0.1) is 5.92 Å². The predicted octanol–water partition coefficient (Wildman–Crippen LogP) is 4.35. The number of nitrogens with zero attached hydrogens (tertiary/aromatic N) is 1. The molecule has 3 rings (SSSR count). The summed E-state index contributed by atoms with van der Waals surface area (Å²) in [6.07, 6.45) is 2.45. The van der Waals surface area contributed by atoms with E-state index in [0.717, 1.165) is 19.3 Å². The Labute approximate surface area is 237 Å². The lowest BCUT2D eigenvalue weighted by Crippen LogP contribution is -2.47. The smallest absolute Gasteiger partial charge is 0.323 e. The molecule has 4 atom stereocenters. The summed E-state index contributed by atoms with van der Waals surface area (Å²) in [7, 11) is 3.46. The molecule has 2 aromatic rings. The minimum absolute atomic E-state index is 0.00761. The molecule has 3 amide bonds. The molecule has 0 aliphatic carbocycles. The number of aliphatic hydroxyl groups excluding tert-OH is 1. The molecule has 220 valence electrons. The van der Waals surface area contributed by atoms with E-state index >= 15 is 0 Å². The minimum atomic E-state index is -0.450. The Morgan fingerprint density at radius 1 is 1.12 bits per heavy atom. The zero-order valence-corrected chi connectivity index (χ0v) is 24.2. The van der Waals surface area contributed by atoms with Crippen LogP contribution in [0.15, 0.2) is 42.5 Å².